The highest BCUT2D eigenvalue weighted by atomic mass is 14.1. The van der Waals surface area contributed by atoms with E-state index in [1.807, 2.05) is 6.08 Å². The van der Waals surface area contributed by atoms with Gasteiger partial charge >= 0.3 is 0 Å². The molecule has 0 aromatic heterocycles. The average molecular weight is 156 g/mol. The van der Waals surface area contributed by atoms with Crippen molar-refractivity contribution < 1.29 is 0 Å². The minimum absolute atomic E-state index is 1.08. The smallest absolute Gasteiger partial charge is 0.00943 e. The first kappa shape index (κ1) is 7.35. The number of benzene rings is 1. The molecule has 1 aromatic carbocycles. The maximum atomic E-state index is 3.76. The fourth-order valence-corrected chi connectivity index (χ4v) is 1.58. The van der Waals surface area contributed by atoms with Crippen LogP contribution in [0.3, 0.4) is 0 Å². The molecule has 0 spiro atoms. The molecule has 0 bridgehead atoms. The second kappa shape index (κ2) is 2.98. The van der Waals surface area contributed by atoms with Gasteiger partial charge in [0, 0.05) is 0 Å². The Morgan fingerprint density at radius 2 is 1.83 bits per heavy atom. The quantitative estimate of drug-likeness (QED) is 0.548. The first-order valence-corrected chi connectivity index (χ1v) is 4.29. The molecule has 0 atom stereocenters. The third-order valence-electron chi connectivity index (χ3n) is 2.31. The van der Waals surface area contributed by atoms with Crippen molar-refractivity contribution in [1.82, 2.24) is 0 Å². The maximum Gasteiger partial charge on any atom is -0.00943 e. The van der Waals surface area contributed by atoms with E-state index < -0.39 is 0 Å². The number of fused-ring (bicyclic) bond motifs is 1. The van der Waals surface area contributed by atoms with Gasteiger partial charge in [-0.3, -0.25) is 0 Å². The Kier molecular flexibility index (Phi) is 1.83. The molecule has 2 rings (SSSR count). The standard InChI is InChI=1S/C12H12/c1-2-10-7-8-11-5-3-4-6-12(11)9-10/h2-4,7-9H,1,5-6H2. The lowest BCUT2D eigenvalue weighted by Crippen LogP contribution is -1.96. The Morgan fingerprint density at radius 3 is 2.58 bits per heavy atom. The molecule has 0 unspecified atom stereocenters. The number of rotatable bonds is 1. The molecule has 0 amide bonds. The van der Waals surface area contributed by atoms with E-state index in [0.29, 0.717) is 0 Å². The van der Waals surface area contributed by atoms with E-state index in [0.717, 1.165) is 12.8 Å². The summed E-state index contributed by atoms with van der Waals surface area (Å²) in [4.78, 5) is 0. The lowest BCUT2D eigenvalue weighted by atomic mass is 9.95. The molecular weight excluding hydrogens is 144 g/mol. The van der Waals surface area contributed by atoms with E-state index in [9.17, 15) is 0 Å². The van der Waals surface area contributed by atoms with E-state index in [2.05, 4.69) is 36.9 Å². The van der Waals surface area contributed by atoms with Crippen molar-refractivity contribution in [2.75, 3.05) is 0 Å². The Balaban J connectivity index is 2.46. The summed E-state index contributed by atoms with van der Waals surface area (Å²) in [5, 5.41) is 0. The minimum Gasteiger partial charge on any atom is -0.0985 e. The summed E-state index contributed by atoms with van der Waals surface area (Å²) in [6, 6.07) is 6.56. The van der Waals surface area contributed by atoms with Crippen LogP contribution in [0.4, 0.5) is 0 Å². The molecule has 60 valence electrons. The molecule has 0 saturated heterocycles. The normalized spacial score (nSPS) is 14.0. The van der Waals surface area contributed by atoms with E-state index in [-0.39, 0.29) is 0 Å². The van der Waals surface area contributed by atoms with Crippen molar-refractivity contribution in [3.8, 4) is 0 Å². The molecule has 0 heterocycles. The zero-order valence-electron chi connectivity index (χ0n) is 7.09. The van der Waals surface area contributed by atoms with E-state index in [1.54, 1.807) is 0 Å². The van der Waals surface area contributed by atoms with Crippen LogP contribution in [0.15, 0.2) is 36.9 Å². The van der Waals surface area contributed by atoms with Gasteiger partial charge in [0.15, 0.2) is 0 Å². The first-order chi connectivity index (χ1) is 5.90. The molecule has 0 radical (unpaired) electrons. The Bertz CT molecular complexity index is 332. The van der Waals surface area contributed by atoms with Gasteiger partial charge in [-0.05, 0) is 29.5 Å². The maximum absolute atomic E-state index is 3.76. The zero-order chi connectivity index (χ0) is 8.39. The van der Waals surface area contributed by atoms with Gasteiger partial charge in [-0.25, -0.2) is 0 Å². The molecular formula is C12H12. The van der Waals surface area contributed by atoms with Crippen molar-refractivity contribution in [2.24, 2.45) is 0 Å². The average Bonchev–Trinajstić information content (AvgIpc) is 2.17. The third kappa shape index (κ3) is 1.20. The summed E-state index contributed by atoms with van der Waals surface area (Å²) in [5.74, 6) is 0. The Labute approximate surface area is 73.2 Å². The van der Waals surface area contributed by atoms with Gasteiger partial charge in [-0.15, -0.1) is 0 Å². The Hall–Kier alpha value is -1.30. The topological polar surface area (TPSA) is 0 Å². The molecule has 12 heavy (non-hydrogen) atoms. The molecule has 0 heteroatoms. The highest BCUT2D eigenvalue weighted by Gasteiger charge is 2.03. The first-order valence-electron chi connectivity index (χ1n) is 4.29. The second-order valence-corrected chi connectivity index (χ2v) is 3.11. The van der Waals surface area contributed by atoms with Crippen LogP contribution < -0.4 is 0 Å². The van der Waals surface area contributed by atoms with Crippen molar-refractivity contribution >= 4 is 6.08 Å². The summed E-state index contributed by atoms with van der Waals surface area (Å²) < 4.78 is 0. The number of hydrogen-bond donors (Lipinski definition) is 0. The van der Waals surface area contributed by atoms with E-state index in [1.165, 1.54) is 16.7 Å². The van der Waals surface area contributed by atoms with Crippen LogP contribution in [0.2, 0.25) is 0 Å². The van der Waals surface area contributed by atoms with Crippen LogP contribution in [-0.2, 0) is 12.8 Å². The molecule has 1 aliphatic carbocycles. The van der Waals surface area contributed by atoms with Gasteiger partial charge < -0.3 is 0 Å². The van der Waals surface area contributed by atoms with Crippen molar-refractivity contribution in [3.05, 3.63) is 53.6 Å². The fraction of sp³-hybridized carbons (Fsp3) is 0.167. The van der Waals surface area contributed by atoms with Gasteiger partial charge in [-0.2, -0.15) is 0 Å². The lowest BCUT2D eigenvalue weighted by molar-refractivity contribution is 1.09. The predicted molar refractivity (Wildman–Crippen MR) is 53.1 cm³/mol. The second-order valence-electron chi connectivity index (χ2n) is 3.11. The summed E-state index contributed by atoms with van der Waals surface area (Å²) in [7, 11) is 0. The van der Waals surface area contributed by atoms with E-state index in [4.69, 9.17) is 0 Å². The van der Waals surface area contributed by atoms with Crippen LogP contribution in [0.5, 0.6) is 0 Å². The van der Waals surface area contributed by atoms with Crippen LogP contribution in [0, 0.1) is 0 Å². The number of hydrogen-bond acceptors (Lipinski definition) is 0. The van der Waals surface area contributed by atoms with Gasteiger partial charge in [-0.1, -0.05) is 43.0 Å². The van der Waals surface area contributed by atoms with Crippen molar-refractivity contribution in [3.63, 3.8) is 0 Å². The molecule has 0 saturated carbocycles. The van der Waals surface area contributed by atoms with Gasteiger partial charge in [0.2, 0.25) is 0 Å². The molecule has 0 N–H and O–H groups in total. The highest BCUT2D eigenvalue weighted by Crippen LogP contribution is 2.18. The number of allylic oxidation sites excluding steroid dienone is 2. The summed E-state index contributed by atoms with van der Waals surface area (Å²) >= 11 is 0. The van der Waals surface area contributed by atoms with Crippen molar-refractivity contribution in [1.29, 1.82) is 0 Å². The minimum atomic E-state index is 1.08. The van der Waals surface area contributed by atoms with Crippen LogP contribution in [0.25, 0.3) is 6.08 Å². The van der Waals surface area contributed by atoms with Gasteiger partial charge in [0.1, 0.15) is 0 Å². The SMILES string of the molecule is C=Cc1ccc2c(c1)CC=CC2. The molecule has 1 aromatic rings. The van der Waals surface area contributed by atoms with Crippen LogP contribution >= 0.6 is 0 Å². The van der Waals surface area contributed by atoms with Crippen LogP contribution in [0.1, 0.15) is 16.7 Å². The third-order valence-corrected chi connectivity index (χ3v) is 2.31. The Morgan fingerprint density at radius 1 is 1.08 bits per heavy atom. The van der Waals surface area contributed by atoms with Crippen LogP contribution in [-0.4, -0.2) is 0 Å². The molecule has 1 aliphatic rings. The summed E-state index contributed by atoms with van der Waals surface area (Å²) in [5.41, 5.74) is 4.14. The summed E-state index contributed by atoms with van der Waals surface area (Å²) in [6.07, 6.45) is 8.54. The lowest BCUT2D eigenvalue weighted by Gasteiger charge is -2.10. The highest BCUT2D eigenvalue weighted by molar-refractivity contribution is 5.51. The molecule has 0 fully saturated rings. The van der Waals surface area contributed by atoms with Gasteiger partial charge in [0.25, 0.3) is 0 Å². The van der Waals surface area contributed by atoms with E-state index >= 15 is 0 Å². The molecule has 0 nitrogen and oxygen atoms in total. The largest absolute Gasteiger partial charge is 0.0985 e. The predicted octanol–water partition coefficient (Wildman–Crippen LogP) is 2.98. The molecule has 0 aliphatic heterocycles. The zero-order valence-corrected chi connectivity index (χ0v) is 7.09. The van der Waals surface area contributed by atoms with Gasteiger partial charge in [0.05, 0.1) is 0 Å². The fourth-order valence-electron chi connectivity index (χ4n) is 1.58. The monoisotopic (exact) mass is 156 g/mol. The van der Waals surface area contributed by atoms with Crippen molar-refractivity contribution in [2.45, 2.75) is 12.8 Å². The summed E-state index contributed by atoms with van der Waals surface area (Å²) in [6.45, 7) is 3.76.